The van der Waals surface area contributed by atoms with E-state index in [1.807, 2.05) is 0 Å². The van der Waals surface area contributed by atoms with Gasteiger partial charge in [-0.25, -0.2) is 4.39 Å². The first-order chi connectivity index (χ1) is 7.66. The lowest BCUT2D eigenvalue weighted by atomic mass is 10.1. The van der Waals surface area contributed by atoms with Crippen LogP contribution in [-0.4, -0.2) is 16.2 Å². The van der Waals surface area contributed by atoms with Gasteiger partial charge in [-0.2, -0.15) is 0 Å². The molecular formula is C11H8FNO3. The van der Waals surface area contributed by atoms with Gasteiger partial charge in [0.2, 0.25) is 0 Å². The number of aromatic nitrogens is 1. The number of aliphatic carboxylic acids is 1. The molecular weight excluding hydrogens is 213 g/mol. The molecule has 2 aromatic rings. The van der Waals surface area contributed by atoms with Gasteiger partial charge in [0.1, 0.15) is 12.2 Å². The fourth-order valence-electron chi connectivity index (χ4n) is 1.39. The van der Waals surface area contributed by atoms with Crippen molar-refractivity contribution in [1.82, 2.24) is 5.16 Å². The van der Waals surface area contributed by atoms with Crippen LogP contribution in [0.2, 0.25) is 0 Å². The zero-order valence-corrected chi connectivity index (χ0v) is 8.18. The summed E-state index contributed by atoms with van der Waals surface area (Å²) in [6, 6.07) is 5.69. The standard InChI is InChI=1S/C11H8FNO3/c12-8-3-1-7(2-4-8)9-6-13-16-10(9)5-11(14)15/h1-4,6H,5H2,(H,14,15). The predicted octanol–water partition coefficient (Wildman–Crippen LogP) is 2.11. The van der Waals surface area contributed by atoms with Crippen LogP contribution in [0.4, 0.5) is 4.39 Å². The molecule has 0 spiro atoms. The van der Waals surface area contributed by atoms with Crippen LogP contribution < -0.4 is 0 Å². The minimum Gasteiger partial charge on any atom is -0.481 e. The summed E-state index contributed by atoms with van der Waals surface area (Å²) in [6.07, 6.45) is 1.18. The normalized spacial score (nSPS) is 10.3. The average molecular weight is 221 g/mol. The van der Waals surface area contributed by atoms with Gasteiger partial charge in [0, 0.05) is 5.56 Å². The van der Waals surface area contributed by atoms with Crippen molar-refractivity contribution in [2.45, 2.75) is 6.42 Å². The molecule has 16 heavy (non-hydrogen) atoms. The van der Waals surface area contributed by atoms with Crippen LogP contribution in [0, 0.1) is 5.82 Å². The number of hydrogen-bond acceptors (Lipinski definition) is 3. The van der Waals surface area contributed by atoms with Gasteiger partial charge in [0.15, 0.2) is 5.76 Å². The fraction of sp³-hybridized carbons (Fsp3) is 0.0909. The topological polar surface area (TPSA) is 63.3 Å². The lowest BCUT2D eigenvalue weighted by Crippen LogP contribution is -1.99. The second-order valence-electron chi connectivity index (χ2n) is 3.24. The van der Waals surface area contributed by atoms with E-state index >= 15 is 0 Å². The molecule has 1 heterocycles. The summed E-state index contributed by atoms with van der Waals surface area (Å²) in [5.74, 6) is -1.08. The number of nitrogens with zero attached hydrogens (tertiary/aromatic N) is 1. The zero-order chi connectivity index (χ0) is 11.5. The lowest BCUT2D eigenvalue weighted by Gasteiger charge is -1.98. The minimum absolute atomic E-state index is 0.243. The first-order valence-corrected chi connectivity index (χ1v) is 4.58. The third-order valence-corrected chi connectivity index (χ3v) is 2.11. The Morgan fingerprint density at radius 3 is 2.69 bits per heavy atom. The van der Waals surface area contributed by atoms with Crippen molar-refractivity contribution >= 4 is 5.97 Å². The number of carbonyl (C=O) groups is 1. The first kappa shape index (κ1) is 10.4. The molecule has 0 bridgehead atoms. The van der Waals surface area contributed by atoms with E-state index in [0.29, 0.717) is 11.1 Å². The molecule has 0 aliphatic rings. The van der Waals surface area contributed by atoms with Crippen molar-refractivity contribution in [2.75, 3.05) is 0 Å². The van der Waals surface area contributed by atoms with Crippen molar-refractivity contribution in [3.63, 3.8) is 0 Å². The Kier molecular flexibility index (Phi) is 2.68. The van der Waals surface area contributed by atoms with Crippen LogP contribution in [0.25, 0.3) is 11.1 Å². The Hall–Kier alpha value is -2.17. The fourth-order valence-corrected chi connectivity index (χ4v) is 1.39. The van der Waals surface area contributed by atoms with E-state index in [1.165, 1.54) is 18.3 Å². The second kappa shape index (κ2) is 4.14. The zero-order valence-electron chi connectivity index (χ0n) is 8.18. The molecule has 0 aliphatic heterocycles. The van der Waals surface area contributed by atoms with E-state index in [2.05, 4.69) is 5.16 Å². The Morgan fingerprint density at radius 1 is 1.38 bits per heavy atom. The molecule has 0 saturated heterocycles. The maximum absolute atomic E-state index is 12.7. The van der Waals surface area contributed by atoms with Crippen molar-refractivity contribution < 1.29 is 18.8 Å². The van der Waals surface area contributed by atoms with Gasteiger partial charge in [-0.3, -0.25) is 4.79 Å². The molecule has 2 rings (SSSR count). The molecule has 0 radical (unpaired) electrons. The Labute approximate surface area is 90.3 Å². The molecule has 5 heteroatoms. The summed E-state index contributed by atoms with van der Waals surface area (Å²) in [5, 5.41) is 12.2. The molecule has 0 atom stereocenters. The van der Waals surface area contributed by atoms with Crippen molar-refractivity contribution in [3.05, 3.63) is 42.0 Å². The van der Waals surface area contributed by atoms with Crippen molar-refractivity contribution in [2.24, 2.45) is 0 Å². The smallest absolute Gasteiger partial charge is 0.311 e. The predicted molar refractivity (Wildman–Crippen MR) is 53.2 cm³/mol. The molecule has 1 aromatic carbocycles. The molecule has 0 aliphatic carbocycles. The van der Waals surface area contributed by atoms with E-state index in [-0.39, 0.29) is 18.0 Å². The third-order valence-electron chi connectivity index (χ3n) is 2.11. The van der Waals surface area contributed by atoms with Crippen LogP contribution in [0.3, 0.4) is 0 Å². The van der Waals surface area contributed by atoms with E-state index in [4.69, 9.17) is 9.63 Å². The minimum atomic E-state index is -1.000. The van der Waals surface area contributed by atoms with Gasteiger partial charge in [-0.05, 0) is 17.7 Å². The Balaban J connectivity index is 2.36. The summed E-state index contributed by atoms with van der Waals surface area (Å²) < 4.78 is 17.5. The molecule has 1 aromatic heterocycles. The highest BCUT2D eigenvalue weighted by Gasteiger charge is 2.13. The van der Waals surface area contributed by atoms with E-state index in [9.17, 15) is 9.18 Å². The third kappa shape index (κ3) is 2.08. The lowest BCUT2D eigenvalue weighted by molar-refractivity contribution is -0.136. The van der Waals surface area contributed by atoms with Crippen LogP contribution in [0.5, 0.6) is 0 Å². The molecule has 1 N–H and O–H groups in total. The highest BCUT2D eigenvalue weighted by Crippen LogP contribution is 2.24. The van der Waals surface area contributed by atoms with Crippen LogP contribution in [0.1, 0.15) is 5.76 Å². The Bertz CT molecular complexity index is 504. The summed E-state index contributed by atoms with van der Waals surface area (Å²) in [5.41, 5.74) is 1.25. The van der Waals surface area contributed by atoms with Crippen molar-refractivity contribution in [3.8, 4) is 11.1 Å². The largest absolute Gasteiger partial charge is 0.481 e. The van der Waals surface area contributed by atoms with Gasteiger partial charge >= 0.3 is 5.97 Å². The van der Waals surface area contributed by atoms with Gasteiger partial charge in [-0.15, -0.1) is 0 Å². The van der Waals surface area contributed by atoms with E-state index < -0.39 is 5.97 Å². The van der Waals surface area contributed by atoms with Crippen LogP contribution in [0.15, 0.2) is 35.0 Å². The highest BCUT2D eigenvalue weighted by atomic mass is 19.1. The average Bonchev–Trinajstić information content (AvgIpc) is 2.66. The summed E-state index contributed by atoms with van der Waals surface area (Å²) in [4.78, 5) is 10.6. The number of carboxylic acid groups (broad SMARTS) is 1. The van der Waals surface area contributed by atoms with E-state index in [1.54, 1.807) is 12.1 Å². The Morgan fingerprint density at radius 2 is 2.06 bits per heavy atom. The second-order valence-corrected chi connectivity index (χ2v) is 3.24. The number of benzene rings is 1. The molecule has 0 saturated carbocycles. The number of rotatable bonds is 3. The highest BCUT2D eigenvalue weighted by molar-refractivity contribution is 5.74. The quantitative estimate of drug-likeness (QED) is 0.862. The molecule has 82 valence electrons. The summed E-state index contributed by atoms with van der Waals surface area (Å²) in [6.45, 7) is 0. The molecule has 0 amide bonds. The summed E-state index contributed by atoms with van der Waals surface area (Å²) in [7, 11) is 0. The molecule has 0 unspecified atom stereocenters. The maximum Gasteiger partial charge on any atom is 0.311 e. The first-order valence-electron chi connectivity index (χ1n) is 4.58. The molecule has 4 nitrogen and oxygen atoms in total. The van der Waals surface area contributed by atoms with Gasteiger partial charge in [-0.1, -0.05) is 17.3 Å². The molecule has 0 fully saturated rings. The van der Waals surface area contributed by atoms with Gasteiger partial charge in [0.05, 0.1) is 6.20 Å². The number of hydrogen-bond donors (Lipinski definition) is 1. The number of halogens is 1. The van der Waals surface area contributed by atoms with E-state index in [0.717, 1.165) is 0 Å². The maximum atomic E-state index is 12.7. The van der Waals surface area contributed by atoms with Crippen LogP contribution in [-0.2, 0) is 11.2 Å². The van der Waals surface area contributed by atoms with Crippen molar-refractivity contribution in [1.29, 1.82) is 0 Å². The van der Waals surface area contributed by atoms with Gasteiger partial charge in [0.25, 0.3) is 0 Å². The van der Waals surface area contributed by atoms with Crippen LogP contribution >= 0.6 is 0 Å². The monoisotopic (exact) mass is 221 g/mol. The van der Waals surface area contributed by atoms with Gasteiger partial charge < -0.3 is 9.63 Å². The number of carboxylic acids is 1. The summed E-state index contributed by atoms with van der Waals surface area (Å²) >= 11 is 0. The SMILES string of the molecule is O=C(O)Cc1oncc1-c1ccc(F)cc1.